The summed E-state index contributed by atoms with van der Waals surface area (Å²) in [5.41, 5.74) is 0.544. The zero-order chi connectivity index (χ0) is 14.5. The molecule has 2 aromatic rings. The van der Waals surface area contributed by atoms with Crippen LogP contribution in [0.4, 0.5) is 5.69 Å². The van der Waals surface area contributed by atoms with Crippen molar-refractivity contribution in [1.29, 1.82) is 0 Å². The van der Waals surface area contributed by atoms with Gasteiger partial charge in [-0.05, 0) is 23.8 Å². The number of ether oxygens (including phenoxy) is 2. The van der Waals surface area contributed by atoms with Crippen molar-refractivity contribution in [3.05, 3.63) is 63.2 Å². The van der Waals surface area contributed by atoms with Crippen molar-refractivity contribution in [1.82, 2.24) is 0 Å². The number of benzene rings is 2. The van der Waals surface area contributed by atoms with Crippen LogP contribution >= 0.6 is 11.6 Å². The van der Waals surface area contributed by atoms with Gasteiger partial charge in [0.25, 0.3) is 5.69 Å². The first-order valence-electron chi connectivity index (χ1n) is 5.80. The fourth-order valence-electron chi connectivity index (χ4n) is 1.65. The minimum absolute atomic E-state index is 0.111. The molecule has 6 heteroatoms. The Hall–Kier alpha value is -2.27. The van der Waals surface area contributed by atoms with Gasteiger partial charge in [0.1, 0.15) is 23.1 Å². The summed E-state index contributed by atoms with van der Waals surface area (Å²) in [7, 11) is 1.57. The summed E-state index contributed by atoms with van der Waals surface area (Å²) in [4.78, 5) is 10.3. The van der Waals surface area contributed by atoms with Gasteiger partial charge in [0.15, 0.2) is 0 Å². The second-order valence-electron chi connectivity index (χ2n) is 4.01. The third-order valence-electron chi connectivity index (χ3n) is 2.65. The molecule has 0 aromatic heterocycles. The lowest BCUT2D eigenvalue weighted by molar-refractivity contribution is -0.384. The van der Waals surface area contributed by atoms with Gasteiger partial charge in [-0.3, -0.25) is 10.1 Å². The fourth-order valence-corrected chi connectivity index (χ4v) is 1.83. The number of hydrogen-bond acceptors (Lipinski definition) is 4. The smallest absolute Gasteiger partial charge is 0.288 e. The van der Waals surface area contributed by atoms with Gasteiger partial charge < -0.3 is 9.47 Å². The van der Waals surface area contributed by atoms with Gasteiger partial charge >= 0.3 is 0 Å². The first-order valence-corrected chi connectivity index (χ1v) is 6.17. The van der Waals surface area contributed by atoms with E-state index in [9.17, 15) is 10.1 Å². The Morgan fingerprint density at radius 2 is 1.95 bits per heavy atom. The predicted octanol–water partition coefficient (Wildman–Crippen LogP) is 3.84. The summed E-state index contributed by atoms with van der Waals surface area (Å²) < 4.78 is 10.6. The van der Waals surface area contributed by atoms with Crippen LogP contribution in [0.25, 0.3) is 0 Å². The molecule has 104 valence electrons. The van der Waals surface area contributed by atoms with Crippen molar-refractivity contribution in [2.45, 2.75) is 6.61 Å². The van der Waals surface area contributed by atoms with Crippen molar-refractivity contribution >= 4 is 17.3 Å². The molecule has 2 aromatic carbocycles. The maximum Gasteiger partial charge on any atom is 0.288 e. The lowest BCUT2D eigenvalue weighted by atomic mass is 10.2. The van der Waals surface area contributed by atoms with Crippen LogP contribution in [0.1, 0.15) is 5.56 Å². The Balaban J connectivity index is 2.10. The number of nitro benzene ring substituents is 1. The Morgan fingerprint density at radius 3 is 2.65 bits per heavy atom. The first kappa shape index (κ1) is 14.1. The molecule has 0 bridgehead atoms. The average molecular weight is 294 g/mol. The second kappa shape index (κ2) is 6.25. The van der Waals surface area contributed by atoms with Gasteiger partial charge in [-0.15, -0.1) is 0 Å². The molecule has 0 amide bonds. The molecule has 0 spiro atoms. The van der Waals surface area contributed by atoms with Gasteiger partial charge in [-0.25, -0.2) is 0 Å². The molecule has 0 N–H and O–H groups in total. The van der Waals surface area contributed by atoms with E-state index >= 15 is 0 Å². The Morgan fingerprint density at radius 1 is 1.20 bits per heavy atom. The second-order valence-corrected chi connectivity index (χ2v) is 4.42. The molecule has 0 unspecified atom stereocenters. The first-order chi connectivity index (χ1) is 9.60. The number of nitro groups is 1. The molecule has 0 fully saturated rings. The summed E-state index contributed by atoms with van der Waals surface area (Å²) in [6, 6.07) is 11.7. The van der Waals surface area contributed by atoms with Crippen LogP contribution in [-0.2, 0) is 6.61 Å². The monoisotopic (exact) mass is 293 g/mol. The number of rotatable bonds is 5. The minimum atomic E-state index is -0.516. The highest BCUT2D eigenvalue weighted by atomic mass is 35.5. The van der Waals surface area contributed by atoms with E-state index in [0.717, 1.165) is 0 Å². The molecule has 5 nitrogen and oxygen atoms in total. The van der Waals surface area contributed by atoms with Gasteiger partial charge in [0, 0.05) is 12.1 Å². The number of nitrogens with zero attached hydrogens (tertiary/aromatic N) is 1. The van der Waals surface area contributed by atoms with Crippen molar-refractivity contribution in [3.63, 3.8) is 0 Å². The van der Waals surface area contributed by atoms with Gasteiger partial charge in [0.2, 0.25) is 0 Å². The molecule has 0 aliphatic rings. The summed E-state index contributed by atoms with van der Waals surface area (Å²) in [5.74, 6) is 1.31. The van der Waals surface area contributed by atoms with Crippen LogP contribution in [0.3, 0.4) is 0 Å². The molecule has 20 heavy (non-hydrogen) atoms. The number of halogens is 1. The van der Waals surface area contributed by atoms with Crippen LogP contribution in [0.15, 0.2) is 42.5 Å². The van der Waals surface area contributed by atoms with E-state index in [-0.39, 0.29) is 17.3 Å². The van der Waals surface area contributed by atoms with Crippen molar-refractivity contribution in [3.8, 4) is 11.5 Å². The lowest BCUT2D eigenvalue weighted by Gasteiger charge is -2.08. The zero-order valence-electron chi connectivity index (χ0n) is 10.7. The van der Waals surface area contributed by atoms with E-state index in [1.54, 1.807) is 37.4 Å². The van der Waals surface area contributed by atoms with Gasteiger partial charge in [0.05, 0.1) is 12.0 Å². The van der Waals surface area contributed by atoms with E-state index < -0.39 is 4.92 Å². The van der Waals surface area contributed by atoms with Crippen LogP contribution in [0.2, 0.25) is 5.02 Å². The molecule has 0 radical (unpaired) electrons. The highest BCUT2D eigenvalue weighted by Gasteiger charge is 2.12. The maximum absolute atomic E-state index is 10.8. The molecule has 0 saturated heterocycles. The van der Waals surface area contributed by atoms with Crippen LogP contribution in [0.5, 0.6) is 11.5 Å². The predicted molar refractivity (Wildman–Crippen MR) is 75.4 cm³/mol. The van der Waals surface area contributed by atoms with E-state index in [1.165, 1.54) is 12.1 Å². The highest BCUT2D eigenvalue weighted by molar-refractivity contribution is 6.32. The quantitative estimate of drug-likeness (QED) is 0.621. The molecule has 0 saturated carbocycles. The molecule has 0 aliphatic carbocycles. The zero-order valence-corrected chi connectivity index (χ0v) is 11.5. The van der Waals surface area contributed by atoms with Crippen LogP contribution < -0.4 is 9.47 Å². The third kappa shape index (κ3) is 3.39. The van der Waals surface area contributed by atoms with Crippen molar-refractivity contribution in [2.24, 2.45) is 0 Å². The van der Waals surface area contributed by atoms with E-state index in [0.29, 0.717) is 17.1 Å². The van der Waals surface area contributed by atoms with E-state index in [1.807, 2.05) is 0 Å². The molecule has 0 atom stereocenters. The molecule has 0 aliphatic heterocycles. The Bertz CT molecular complexity index is 630. The Kier molecular flexibility index (Phi) is 4.42. The number of methoxy groups -OCH3 is 1. The Labute approximate surface area is 120 Å². The summed E-state index contributed by atoms with van der Waals surface area (Å²) in [5, 5.41) is 10.9. The lowest BCUT2D eigenvalue weighted by Crippen LogP contribution is -1.97. The van der Waals surface area contributed by atoms with E-state index in [4.69, 9.17) is 21.1 Å². The van der Waals surface area contributed by atoms with Crippen molar-refractivity contribution < 1.29 is 14.4 Å². The summed E-state index contributed by atoms with van der Waals surface area (Å²) in [6.07, 6.45) is 0. The van der Waals surface area contributed by atoms with Gasteiger partial charge in [-0.2, -0.15) is 0 Å². The van der Waals surface area contributed by atoms with Crippen LogP contribution in [-0.4, -0.2) is 12.0 Å². The fraction of sp³-hybridized carbons (Fsp3) is 0.143. The molecule has 0 heterocycles. The van der Waals surface area contributed by atoms with E-state index in [2.05, 4.69) is 0 Å². The number of hydrogen-bond donors (Lipinski definition) is 0. The standard InChI is InChI=1S/C14H12ClNO4/c1-19-11-3-2-4-12(8-11)20-9-10-5-6-13(15)14(7-10)16(17)18/h2-8H,9H2,1H3. The largest absolute Gasteiger partial charge is 0.497 e. The summed E-state index contributed by atoms with van der Waals surface area (Å²) >= 11 is 5.75. The average Bonchev–Trinajstić information content (AvgIpc) is 2.46. The van der Waals surface area contributed by atoms with Gasteiger partial charge in [-0.1, -0.05) is 23.7 Å². The topological polar surface area (TPSA) is 61.6 Å². The molecular weight excluding hydrogens is 282 g/mol. The third-order valence-corrected chi connectivity index (χ3v) is 2.97. The van der Waals surface area contributed by atoms with Crippen LogP contribution in [0, 0.1) is 10.1 Å². The molecule has 2 rings (SSSR count). The normalized spacial score (nSPS) is 10.1. The van der Waals surface area contributed by atoms with Crippen molar-refractivity contribution in [2.75, 3.05) is 7.11 Å². The highest BCUT2D eigenvalue weighted by Crippen LogP contribution is 2.26. The SMILES string of the molecule is COc1cccc(OCc2ccc(Cl)c([N+](=O)[O-])c2)c1. The maximum atomic E-state index is 10.8. The molecular formula is C14H12ClNO4. The minimum Gasteiger partial charge on any atom is -0.497 e. The summed E-state index contributed by atoms with van der Waals surface area (Å²) in [6.45, 7) is 0.213.